The smallest absolute Gasteiger partial charge is 0.236 e. The predicted molar refractivity (Wildman–Crippen MR) is 92.8 cm³/mol. The molecule has 2 heterocycles. The van der Waals surface area contributed by atoms with Crippen molar-refractivity contribution in [3.05, 3.63) is 0 Å². The van der Waals surface area contributed by atoms with Crippen molar-refractivity contribution in [2.24, 2.45) is 5.73 Å². The Morgan fingerprint density at radius 1 is 1.19 bits per heavy atom. The number of likely N-dealkylation sites (N-methyl/N-ethyl adjacent to an activating group) is 1. The van der Waals surface area contributed by atoms with Gasteiger partial charge in [0.1, 0.15) is 0 Å². The van der Waals surface area contributed by atoms with Gasteiger partial charge in [-0.25, -0.2) is 0 Å². The van der Waals surface area contributed by atoms with Crippen molar-refractivity contribution in [1.82, 2.24) is 14.7 Å². The minimum absolute atomic E-state index is 0.0667. The Morgan fingerprint density at radius 2 is 1.76 bits per heavy atom. The molecule has 0 radical (unpaired) electrons. The first-order valence-electron chi connectivity index (χ1n) is 7.50. The zero-order valence-corrected chi connectivity index (χ0v) is 14.6. The van der Waals surface area contributed by atoms with Crippen molar-refractivity contribution >= 4 is 34.9 Å². The molecule has 0 aliphatic carbocycles. The molecule has 120 valence electrons. The number of hydrogen-bond donors (Lipinski definition) is 1. The summed E-state index contributed by atoms with van der Waals surface area (Å²) in [5, 5.41) is 0. The van der Waals surface area contributed by atoms with Gasteiger partial charge in [0, 0.05) is 39.3 Å². The van der Waals surface area contributed by atoms with Gasteiger partial charge in [-0.1, -0.05) is 12.2 Å². The van der Waals surface area contributed by atoms with Crippen molar-refractivity contribution in [2.75, 3.05) is 59.1 Å². The quantitative estimate of drug-likeness (QED) is 0.746. The number of nitrogens with zero attached hydrogens (tertiary/aromatic N) is 3. The number of likely N-dealkylation sites (tertiary alicyclic amines) is 1. The summed E-state index contributed by atoms with van der Waals surface area (Å²) in [5.41, 5.74) is 5.90. The first-order chi connectivity index (χ1) is 9.97. The molecule has 21 heavy (non-hydrogen) atoms. The van der Waals surface area contributed by atoms with E-state index in [1.165, 1.54) is 0 Å². The van der Waals surface area contributed by atoms with Crippen molar-refractivity contribution in [3.63, 3.8) is 0 Å². The summed E-state index contributed by atoms with van der Waals surface area (Å²) in [7, 11) is 2.10. The summed E-state index contributed by atoms with van der Waals surface area (Å²) >= 11 is 6.98. The van der Waals surface area contributed by atoms with Crippen molar-refractivity contribution in [1.29, 1.82) is 0 Å². The number of carbonyl (C=O) groups is 1. The Balaban J connectivity index is 1.80. The van der Waals surface area contributed by atoms with Gasteiger partial charge in [0.15, 0.2) is 0 Å². The third kappa shape index (κ3) is 4.09. The Hall–Kier alpha value is -0.370. The maximum absolute atomic E-state index is 12.3. The zero-order valence-electron chi connectivity index (χ0n) is 13.0. The van der Waals surface area contributed by atoms with Gasteiger partial charge in [0.2, 0.25) is 5.91 Å². The molecule has 1 amide bonds. The van der Waals surface area contributed by atoms with Crippen LogP contribution >= 0.6 is 24.0 Å². The van der Waals surface area contributed by atoms with Crippen LogP contribution in [0, 0.1) is 0 Å². The molecule has 0 aromatic heterocycles. The van der Waals surface area contributed by atoms with Crippen LogP contribution in [0.2, 0.25) is 0 Å². The van der Waals surface area contributed by atoms with Gasteiger partial charge in [-0.15, -0.1) is 0 Å². The average molecular weight is 331 g/mol. The number of thioether (sulfide) groups is 1. The number of carbonyl (C=O) groups excluding carboxylic acids is 1. The molecule has 2 aliphatic rings. The fraction of sp³-hybridized carbons (Fsp3) is 0.857. The summed E-state index contributed by atoms with van der Waals surface area (Å²) in [6.07, 6.45) is 3.96. The highest BCUT2D eigenvalue weighted by Crippen LogP contribution is 2.34. The van der Waals surface area contributed by atoms with E-state index in [1.807, 2.05) is 4.90 Å². The van der Waals surface area contributed by atoms with Crippen LogP contribution in [0.3, 0.4) is 0 Å². The van der Waals surface area contributed by atoms with E-state index in [0.717, 1.165) is 52.1 Å². The molecule has 0 aromatic carbocycles. The Morgan fingerprint density at radius 3 is 2.24 bits per heavy atom. The van der Waals surface area contributed by atoms with Gasteiger partial charge in [0.25, 0.3) is 0 Å². The maximum atomic E-state index is 12.3. The molecule has 0 bridgehead atoms. The van der Waals surface area contributed by atoms with Gasteiger partial charge in [-0.2, -0.15) is 11.8 Å². The number of rotatable bonds is 4. The highest BCUT2D eigenvalue weighted by atomic mass is 32.2. The summed E-state index contributed by atoms with van der Waals surface area (Å²) in [6.45, 7) is 5.99. The Bertz CT molecular complexity index is 388. The number of piperazine rings is 1. The molecule has 0 atom stereocenters. The van der Waals surface area contributed by atoms with Crippen LogP contribution in [0.5, 0.6) is 0 Å². The Labute approximate surface area is 137 Å². The van der Waals surface area contributed by atoms with Gasteiger partial charge in [-0.3, -0.25) is 9.69 Å². The second kappa shape index (κ2) is 7.26. The number of piperidine rings is 1. The van der Waals surface area contributed by atoms with Gasteiger partial charge >= 0.3 is 0 Å². The standard InChI is InChI=1S/C14H26N4OS2/c1-16-7-9-18(10-8-16)12(19)11-17-5-3-14(21-2,4-6-17)13(15)20/h3-11H2,1-2H3,(H2,15,20). The SMILES string of the molecule is CSC1(C(N)=S)CCN(CC(=O)N2CCN(C)CC2)CC1. The minimum Gasteiger partial charge on any atom is -0.392 e. The third-order valence-corrected chi connectivity index (χ3v) is 6.65. The van der Waals surface area contributed by atoms with Gasteiger partial charge < -0.3 is 15.5 Å². The highest BCUT2D eigenvalue weighted by molar-refractivity contribution is 8.02. The van der Waals surface area contributed by atoms with Crippen molar-refractivity contribution in [2.45, 2.75) is 17.6 Å². The van der Waals surface area contributed by atoms with E-state index in [0.29, 0.717) is 11.5 Å². The monoisotopic (exact) mass is 330 g/mol. The van der Waals surface area contributed by atoms with E-state index in [-0.39, 0.29) is 10.7 Å². The van der Waals surface area contributed by atoms with E-state index in [2.05, 4.69) is 23.1 Å². The molecule has 5 nitrogen and oxygen atoms in total. The van der Waals surface area contributed by atoms with E-state index in [4.69, 9.17) is 18.0 Å². The summed E-state index contributed by atoms with van der Waals surface area (Å²) in [4.78, 5) is 19.5. The molecule has 0 spiro atoms. The molecule has 0 aromatic rings. The van der Waals surface area contributed by atoms with Crippen LogP contribution < -0.4 is 5.73 Å². The number of amides is 1. The van der Waals surface area contributed by atoms with Crippen LogP contribution in [-0.4, -0.2) is 89.5 Å². The predicted octanol–water partition coefficient (Wildman–Crippen LogP) is 0.244. The van der Waals surface area contributed by atoms with Crippen LogP contribution in [0.25, 0.3) is 0 Å². The molecule has 0 saturated carbocycles. The largest absolute Gasteiger partial charge is 0.392 e. The molecular formula is C14H26N4OS2. The summed E-state index contributed by atoms with van der Waals surface area (Å²) in [5.74, 6) is 0.259. The lowest BCUT2D eigenvalue weighted by Crippen LogP contribution is -2.53. The highest BCUT2D eigenvalue weighted by Gasteiger charge is 2.37. The first kappa shape index (κ1) is 17.0. The lowest BCUT2D eigenvalue weighted by atomic mass is 9.95. The number of hydrogen-bond acceptors (Lipinski definition) is 5. The van der Waals surface area contributed by atoms with Crippen LogP contribution in [0.1, 0.15) is 12.8 Å². The van der Waals surface area contributed by atoms with E-state index in [9.17, 15) is 4.79 Å². The zero-order chi connectivity index (χ0) is 15.5. The lowest BCUT2D eigenvalue weighted by Gasteiger charge is -2.40. The second-order valence-corrected chi connectivity index (χ2v) is 7.65. The first-order valence-corrected chi connectivity index (χ1v) is 9.14. The molecule has 7 heteroatoms. The third-order valence-electron chi connectivity index (χ3n) is 4.72. The molecular weight excluding hydrogens is 304 g/mol. The number of nitrogens with two attached hydrogens (primary N) is 1. The second-order valence-electron chi connectivity index (χ2n) is 6.02. The number of thiocarbonyl (C=S) groups is 1. The molecule has 0 unspecified atom stereocenters. The fourth-order valence-corrected chi connectivity index (χ4v) is 4.22. The molecule has 2 rings (SSSR count). The average Bonchev–Trinajstić information content (AvgIpc) is 2.48. The molecule has 2 fully saturated rings. The van der Waals surface area contributed by atoms with E-state index in [1.54, 1.807) is 11.8 Å². The van der Waals surface area contributed by atoms with E-state index < -0.39 is 0 Å². The maximum Gasteiger partial charge on any atom is 0.236 e. The van der Waals surface area contributed by atoms with Gasteiger partial charge in [0.05, 0.1) is 16.3 Å². The molecule has 2 N–H and O–H groups in total. The molecule has 2 saturated heterocycles. The van der Waals surface area contributed by atoms with E-state index >= 15 is 0 Å². The van der Waals surface area contributed by atoms with Crippen LogP contribution in [-0.2, 0) is 4.79 Å². The topological polar surface area (TPSA) is 52.8 Å². The molecule has 2 aliphatic heterocycles. The fourth-order valence-electron chi connectivity index (χ4n) is 2.97. The summed E-state index contributed by atoms with van der Waals surface area (Å²) in [6, 6.07) is 0. The van der Waals surface area contributed by atoms with Crippen LogP contribution in [0.4, 0.5) is 0 Å². The van der Waals surface area contributed by atoms with Gasteiger partial charge in [-0.05, 0) is 26.1 Å². The van der Waals surface area contributed by atoms with Crippen molar-refractivity contribution in [3.8, 4) is 0 Å². The van der Waals surface area contributed by atoms with Crippen molar-refractivity contribution < 1.29 is 4.79 Å². The van der Waals surface area contributed by atoms with Crippen LogP contribution in [0.15, 0.2) is 0 Å². The summed E-state index contributed by atoms with van der Waals surface area (Å²) < 4.78 is -0.0667. The lowest BCUT2D eigenvalue weighted by molar-refractivity contribution is -0.134. The normalized spacial score (nSPS) is 24.0. The minimum atomic E-state index is -0.0667. The Kier molecular flexibility index (Phi) is 5.88.